The van der Waals surface area contributed by atoms with E-state index in [0.29, 0.717) is 6.42 Å². The highest BCUT2D eigenvalue weighted by atomic mass is 32.2. The fourth-order valence-electron chi connectivity index (χ4n) is 3.08. The van der Waals surface area contributed by atoms with Crippen molar-refractivity contribution in [2.75, 3.05) is 11.6 Å². The van der Waals surface area contributed by atoms with Crippen molar-refractivity contribution >= 4 is 39.7 Å². The third kappa shape index (κ3) is 3.98. The van der Waals surface area contributed by atoms with E-state index in [1.807, 2.05) is 46.5 Å². The maximum absolute atomic E-state index is 12.5. The van der Waals surface area contributed by atoms with Crippen LogP contribution in [-0.4, -0.2) is 21.5 Å². The zero-order valence-corrected chi connectivity index (χ0v) is 17.4. The average molecular weight is 408 g/mol. The summed E-state index contributed by atoms with van der Waals surface area (Å²) in [5, 5.41) is 4.99. The van der Waals surface area contributed by atoms with Crippen LogP contribution in [0.15, 0.2) is 65.0 Å². The number of carbonyl (C=O) groups excluding carboxylic acids is 1. The first kappa shape index (κ1) is 18.8. The number of fused-ring (bicyclic) bond motifs is 1. The van der Waals surface area contributed by atoms with Gasteiger partial charge in [0, 0.05) is 33.4 Å². The molecule has 0 aliphatic rings. The Balaban J connectivity index is 1.52. The molecule has 0 spiro atoms. The number of thioether (sulfide) groups is 1. The van der Waals surface area contributed by atoms with Gasteiger partial charge in [-0.15, -0.1) is 23.1 Å². The van der Waals surface area contributed by atoms with Crippen LogP contribution in [0.3, 0.4) is 0 Å². The van der Waals surface area contributed by atoms with Crippen molar-refractivity contribution in [3.63, 3.8) is 0 Å². The van der Waals surface area contributed by atoms with Gasteiger partial charge >= 0.3 is 0 Å². The van der Waals surface area contributed by atoms with Crippen LogP contribution < -0.4 is 5.32 Å². The lowest BCUT2D eigenvalue weighted by atomic mass is 10.1. The predicted octanol–water partition coefficient (Wildman–Crippen LogP) is 5.53. The van der Waals surface area contributed by atoms with Gasteiger partial charge in [-0.2, -0.15) is 0 Å². The number of aryl methyl sites for hydroxylation is 1. The molecule has 0 saturated carbocycles. The Labute approximate surface area is 172 Å². The summed E-state index contributed by atoms with van der Waals surface area (Å²) in [5.41, 5.74) is 5.11. The van der Waals surface area contributed by atoms with Gasteiger partial charge in [-0.05, 0) is 36.4 Å². The molecule has 2 heterocycles. The Morgan fingerprint density at radius 1 is 1.21 bits per heavy atom. The van der Waals surface area contributed by atoms with Crippen molar-refractivity contribution in [1.29, 1.82) is 0 Å². The van der Waals surface area contributed by atoms with Crippen LogP contribution in [0.25, 0.3) is 16.2 Å². The van der Waals surface area contributed by atoms with Gasteiger partial charge in [0.2, 0.25) is 5.91 Å². The van der Waals surface area contributed by atoms with Gasteiger partial charge in [0.15, 0.2) is 4.96 Å². The molecular weight excluding hydrogens is 386 g/mol. The largest absolute Gasteiger partial charge is 0.326 e. The number of anilines is 1. The summed E-state index contributed by atoms with van der Waals surface area (Å²) in [6.07, 6.45) is 5.38. The molecule has 0 fully saturated rings. The van der Waals surface area contributed by atoms with E-state index >= 15 is 0 Å². The Hall–Kier alpha value is -2.57. The third-order valence-electron chi connectivity index (χ3n) is 4.64. The molecule has 4 aromatic rings. The first-order valence-electron chi connectivity index (χ1n) is 9.15. The normalized spacial score (nSPS) is 11.1. The molecule has 142 valence electrons. The molecule has 0 saturated heterocycles. The van der Waals surface area contributed by atoms with Crippen molar-refractivity contribution < 1.29 is 4.79 Å². The number of rotatable bonds is 6. The molecule has 1 N–H and O–H groups in total. The zero-order chi connectivity index (χ0) is 19.5. The van der Waals surface area contributed by atoms with E-state index in [-0.39, 0.29) is 5.91 Å². The van der Waals surface area contributed by atoms with Gasteiger partial charge in [0.1, 0.15) is 0 Å². The second-order valence-corrected chi connectivity index (χ2v) is 8.23. The fourth-order valence-corrected chi connectivity index (χ4v) is 4.41. The van der Waals surface area contributed by atoms with Gasteiger partial charge in [-0.25, -0.2) is 4.98 Å². The summed E-state index contributed by atoms with van der Waals surface area (Å²) in [7, 11) is 0. The summed E-state index contributed by atoms with van der Waals surface area (Å²) >= 11 is 3.22. The number of nitrogens with one attached hydrogen (secondary N) is 1. The third-order valence-corrected chi connectivity index (χ3v) is 6.25. The SMILES string of the molecule is CCc1ccc(-c2cn3c(CC(=O)Nc4cccc(SC)c4)csc3n2)cc1. The number of hydrogen-bond donors (Lipinski definition) is 1. The van der Waals surface area contributed by atoms with E-state index in [1.165, 1.54) is 5.56 Å². The zero-order valence-electron chi connectivity index (χ0n) is 15.8. The molecule has 4 rings (SSSR count). The van der Waals surface area contributed by atoms with E-state index in [9.17, 15) is 4.79 Å². The predicted molar refractivity (Wildman–Crippen MR) is 118 cm³/mol. The monoisotopic (exact) mass is 407 g/mol. The molecule has 28 heavy (non-hydrogen) atoms. The molecule has 2 aromatic heterocycles. The molecule has 2 aromatic carbocycles. The quantitative estimate of drug-likeness (QED) is 0.428. The minimum atomic E-state index is -0.0273. The van der Waals surface area contributed by atoms with Crippen LogP contribution >= 0.6 is 23.1 Å². The number of imidazole rings is 1. The van der Waals surface area contributed by atoms with Crippen LogP contribution in [0.1, 0.15) is 18.2 Å². The minimum absolute atomic E-state index is 0.0273. The second-order valence-electron chi connectivity index (χ2n) is 6.51. The minimum Gasteiger partial charge on any atom is -0.326 e. The van der Waals surface area contributed by atoms with E-state index in [0.717, 1.165) is 38.9 Å². The van der Waals surface area contributed by atoms with Gasteiger partial charge in [-0.3, -0.25) is 9.20 Å². The van der Waals surface area contributed by atoms with Crippen LogP contribution in [-0.2, 0) is 17.6 Å². The van der Waals surface area contributed by atoms with Crippen LogP contribution in [0.5, 0.6) is 0 Å². The summed E-state index contributed by atoms with van der Waals surface area (Å²) in [6.45, 7) is 2.15. The highest BCUT2D eigenvalue weighted by Crippen LogP contribution is 2.25. The molecule has 0 aliphatic heterocycles. The molecule has 0 radical (unpaired) electrons. The van der Waals surface area contributed by atoms with E-state index in [2.05, 4.69) is 36.5 Å². The summed E-state index contributed by atoms with van der Waals surface area (Å²) in [6, 6.07) is 16.4. The van der Waals surface area contributed by atoms with Crippen molar-refractivity contribution in [2.45, 2.75) is 24.7 Å². The van der Waals surface area contributed by atoms with Crippen LogP contribution in [0.2, 0.25) is 0 Å². The lowest BCUT2D eigenvalue weighted by molar-refractivity contribution is -0.115. The topological polar surface area (TPSA) is 46.4 Å². The Bertz CT molecular complexity index is 1110. The highest BCUT2D eigenvalue weighted by Gasteiger charge is 2.13. The lowest BCUT2D eigenvalue weighted by Gasteiger charge is -2.06. The fraction of sp³-hybridized carbons (Fsp3) is 0.182. The molecular formula is C22H21N3OS2. The lowest BCUT2D eigenvalue weighted by Crippen LogP contribution is -2.15. The number of aromatic nitrogens is 2. The standard InChI is InChI=1S/C22H21N3OS2/c1-3-15-7-9-16(10-8-15)20-13-25-18(14-28-22(25)24-20)12-21(26)23-17-5-4-6-19(11-17)27-2/h4-11,13-14H,3,12H2,1-2H3,(H,23,26). The summed E-state index contributed by atoms with van der Waals surface area (Å²) in [5.74, 6) is -0.0273. The number of nitrogens with zero attached hydrogens (tertiary/aromatic N) is 2. The Kier molecular flexibility index (Phi) is 5.50. The molecule has 0 bridgehead atoms. The smallest absolute Gasteiger partial charge is 0.230 e. The number of carbonyl (C=O) groups is 1. The molecule has 0 atom stereocenters. The Morgan fingerprint density at radius 3 is 2.79 bits per heavy atom. The van der Waals surface area contributed by atoms with Crippen molar-refractivity contribution in [2.24, 2.45) is 0 Å². The summed E-state index contributed by atoms with van der Waals surface area (Å²) < 4.78 is 2.02. The van der Waals surface area contributed by atoms with Gasteiger partial charge in [-0.1, -0.05) is 37.3 Å². The second kappa shape index (κ2) is 8.20. The number of amides is 1. The van der Waals surface area contributed by atoms with Crippen molar-refractivity contribution in [1.82, 2.24) is 9.38 Å². The van der Waals surface area contributed by atoms with Gasteiger partial charge < -0.3 is 5.32 Å². The molecule has 4 nitrogen and oxygen atoms in total. The molecule has 0 unspecified atom stereocenters. The maximum Gasteiger partial charge on any atom is 0.230 e. The number of hydrogen-bond acceptors (Lipinski definition) is 4. The maximum atomic E-state index is 12.5. The first-order chi connectivity index (χ1) is 13.7. The number of benzene rings is 2. The molecule has 1 amide bonds. The first-order valence-corrected chi connectivity index (χ1v) is 11.3. The molecule has 6 heteroatoms. The van der Waals surface area contributed by atoms with E-state index < -0.39 is 0 Å². The van der Waals surface area contributed by atoms with Crippen molar-refractivity contribution in [3.05, 3.63) is 71.4 Å². The number of thiazole rings is 1. The van der Waals surface area contributed by atoms with Crippen LogP contribution in [0, 0.1) is 0 Å². The Morgan fingerprint density at radius 2 is 2.04 bits per heavy atom. The van der Waals surface area contributed by atoms with Crippen LogP contribution in [0.4, 0.5) is 5.69 Å². The van der Waals surface area contributed by atoms with Gasteiger partial charge in [0.25, 0.3) is 0 Å². The average Bonchev–Trinajstić information content (AvgIpc) is 3.30. The van der Waals surface area contributed by atoms with Gasteiger partial charge in [0.05, 0.1) is 12.1 Å². The molecule has 0 aliphatic carbocycles. The highest BCUT2D eigenvalue weighted by molar-refractivity contribution is 7.98. The van der Waals surface area contributed by atoms with E-state index in [4.69, 9.17) is 4.98 Å². The summed E-state index contributed by atoms with van der Waals surface area (Å²) in [4.78, 5) is 19.3. The van der Waals surface area contributed by atoms with E-state index in [1.54, 1.807) is 23.1 Å². The van der Waals surface area contributed by atoms with Crippen molar-refractivity contribution in [3.8, 4) is 11.3 Å².